The number of piperidine rings is 1. The number of aliphatic carboxylic acids is 1. The number of likely N-dealkylation sites (tertiary alicyclic amines) is 1. The molecule has 1 aromatic carbocycles. The SMILES string of the molecule is O=C(O)CCCCNC(=O)C1CCCN(C(=O)c2ccc(F)cc2)C1. The van der Waals surface area contributed by atoms with Gasteiger partial charge in [0.2, 0.25) is 5.91 Å². The zero-order chi connectivity index (χ0) is 18.2. The third-order valence-electron chi connectivity index (χ3n) is 4.29. The molecule has 1 unspecified atom stereocenters. The Morgan fingerprint density at radius 1 is 1.20 bits per heavy atom. The van der Waals surface area contributed by atoms with Gasteiger partial charge in [0.25, 0.3) is 5.91 Å². The molecule has 1 aromatic rings. The minimum absolute atomic E-state index is 0.0965. The number of amides is 2. The lowest BCUT2D eigenvalue weighted by Crippen LogP contribution is -2.45. The number of unbranched alkanes of at least 4 members (excludes halogenated alkanes) is 1. The Bertz CT molecular complexity index is 618. The van der Waals surface area contributed by atoms with E-state index >= 15 is 0 Å². The van der Waals surface area contributed by atoms with Crippen LogP contribution in [-0.2, 0) is 9.59 Å². The van der Waals surface area contributed by atoms with Gasteiger partial charge in [-0.1, -0.05) is 0 Å². The van der Waals surface area contributed by atoms with Gasteiger partial charge in [-0.25, -0.2) is 4.39 Å². The molecule has 1 aliphatic heterocycles. The van der Waals surface area contributed by atoms with Gasteiger partial charge in [-0.2, -0.15) is 0 Å². The monoisotopic (exact) mass is 350 g/mol. The Kier molecular flexibility index (Phi) is 6.91. The highest BCUT2D eigenvalue weighted by molar-refractivity contribution is 5.94. The summed E-state index contributed by atoms with van der Waals surface area (Å²) in [5.74, 6) is -1.80. The Morgan fingerprint density at radius 3 is 2.60 bits per heavy atom. The second kappa shape index (κ2) is 9.15. The molecule has 0 bridgehead atoms. The van der Waals surface area contributed by atoms with Crippen molar-refractivity contribution in [2.45, 2.75) is 32.1 Å². The number of hydrogen-bond acceptors (Lipinski definition) is 3. The number of carboxylic acids is 1. The average molecular weight is 350 g/mol. The van der Waals surface area contributed by atoms with Gasteiger partial charge in [0.1, 0.15) is 5.82 Å². The van der Waals surface area contributed by atoms with Crippen LogP contribution in [0.4, 0.5) is 4.39 Å². The number of carbonyl (C=O) groups is 3. The van der Waals surface area contributed by atoms with Crippen LogP contribution in [0.2, 0.25) is 0 Å². The van der Waals surface area contributed by atoms with Crippen LogP contribution in [0.3, 0.4) is 0 Å². The molecule has 25 heavy (non-hydrogen) atoms. The van der Waals surface area contributed by atoms with Crippen molar-refractivity contribution in [3.8, 4) is 0 Å². The van der Waals surface area contributed by atoms with Crippen LogP contribution in [-0.4, -0.2) is 47.4 Å². The van der Waals surface area contributed by atoms with Gasteiger partial charge < -0.3 is 15.3 Å². The summed E-state index contributed by atoms with van der Waals surface area (Å²) in [4.78, 5) is 36.8. The molecule has 1 heterocycles. The molecule has 1 aliphatic rings. The predicted molar refractivity (Wildman–Crippen MR) is 89.5 cm³/mol. The van der Waals surface area contributed by atoms with Crippen molar-refractivity contribution >= 4 is 17.8 Å². The number of benzene rings is 1. The highest BCUT2D eigenvalue weighted by Gasteiger charge is 2.28. The third kappa shape index (κ3) is 5.85. The minimum Gasteiger partial charge on any atom is -0.481 e. The highest BCUT2D eigenvalue weighted by Crippen LogP contribution is 2.19. The van der Waals surface area contributed by atoms with Gasteiger partial charge in [-0.15, -0.1) is 0 Å². The molecule has 1 atom stereocenters. The highest BCUT2D eigenvalue weighted by atomic mass is 19.1. The summed E-state index contributed by atoms with van der Waals surface area (Å²) in [6, 6.07) is 5.39. The maximum Gasteiger partial charge on any atom is 0.303 e. The van der Waals surface area contributed by atoms with Crippen molar-refractivity contribution in [1.82, 2.24) is 10.2 Å². The molecule has 1 saturated heterocycles. The minimum atomic E-state index is -0.839. The van der Waals surface area contributed by atoms with E-state index < -0.39 is 11.8 Å². The van der Waals surface area contributed by atoms with E-state index in [1.54, 1.807) is 4.90 Å². The number of rotatable bonds is 7. The molecule has 6 nitrogen and oxygen atoms in total. The molecule has 0 aromatic heterocycles. The third-order valence-corrected chi connectivity index (χ3v) is 4.29. The van der Waals surface area contributed by atoms with Crippen molar-refractivity contribution in [2.24, 2.45) is 5.92 Å². The summed E-state index contributed by atoms with van der Waals surface area (Å²) in [5, 5.41) is 11.4. The van der Waals surface area contributed by atoms with E-state index in [9.17, 15) is 18.8 Å². The van der Waals surface area contributed by atoms with E-state index in [2.05, 4.69) is 5.32 Å². The molecule has 2 amide bonds. The normalized spacial score (nSPS) is 17.2. The molecule has 0 spiro atoms. The molecular weight excluding hydrogens is 327 g/mol. The van der Waals surface area contributed by atoms with Crippen LogP contribution >= 0.6 is 0 Å². The largest absolute Gasteiger partial charge is 0.481 e. The molecule has 136 valence electrons. The molecule has 0 aliphatic carbocycles. The summed E-state index contributed by atoms with van der Waals surface area (Å²) >= 11 is 0. The van der Waals surface area contributed by atoms with Gasteiger partial charge >= 0.3 is 5.97 Å². The zero-order valence-electron chi connectivity index (χ0n) is 14.0. The summed E-state index contributed by atoms with van der Waals surface area (Å²) in [5.41, 5.74) is 0.413. The van der Waals surface area contributed by atoms with E-state index in [1.165, 1.54) is 24.3 Å². The topological polar surface area (TPSA) is 86.7 Å². The smallest absolute Gasteiger partial charge is 0.303 e. The van der Waals surface area contributed by atoms with E-state index in [-0.39, 0.29) is 24.2 Å². The molecule has 1 fully saturated rings. The number of hydrogen-bond donors (Lipinski definition) is 2. The standard InChI is InChI=1S/C18H23FN2O4/c19-15-8-6-13(7-9-15)18(25)21-11-3-4-14(12-21)17(24)20-10-2-1-5-16(22)23/h6-9,14H,1-5,10-12H2,(H,20,24)(H,22,23). The van der Waals surface area contributed by atoms with E-state index in [4.69, 9.17) is 5.11 Å². The van der Waals surface area contributed by atoms with Gasteiger partial charge in [0.15, 0.2) is 0 Å². The fraction of sp³-hybridized carbons (Fsp3) is 0.500. The van der Waals surface area contributed by atoms with E-state index in [1.807, 2.05) is 0 Å². The first-order valence-corrected chi connectivity index (χ1v) is 8.51. The van der Waals surface area contributed by atoms with Gasteiger partial charge in [-0.3, -0.25) is 14.4 Å². The van der Waals surface area contributed by atoms with Crippen LogP contribution in [0.15, 0.2) is 24.3 Å². The lowest BCUT2D eigenvalue weighted by molar-refractivity contribution is -0.137. The maximum atomic E-state index is 13.0. The molecular formula is C18H23FN2O4. The van der Waals surface area contributed by atoms with Crippen LogP contribution in [0, 0.1) is 11.7 Å². The molecule has 2 N–H and O–H groups in total. The number of carbonyl (C=O) groups excluding carboxylic acids is 2. The Labute approximate surface area is 146 Å². The van der Waals surface area contributed by atoms with Crippen molar-refractivity contribution < 1.29 is 23.9 Å². The average Bonchev–Trinajstić information content (AvgIpc) is 2.61. The predicted octanol–water partition coefficient (Wildman–Crippen LogP) is 2.05. The summed E-state index contributed by atoms with van der Waals surface area (Å²) < 4.78 is 13.0. The molecule has 2 rings (SSSR count). The number of nitrogens with zero attached hydrogens (tertiary/aromatic N) is 1. The van der Waals surface area contributed by atoms with Crippen molar-refractivity contribution in [3.63, 3.8) is 0 Å². The maximum absolute atomic E-state index is 13.0. The van der Waals surface area contributed by atoms with Crippen molar-refractivity contribution in [3.05, 3.63) is 35.6 Å². The second-order valence-corrected chi connectivity index (χ2v) is 6.24. The number of carboxylic acid groups (broad SMARTS) is 1. The van der Waals surface area contributed by atoms with Gasteiger partial charge in [-0.05, 0) is 49.9 Å². The van der Waals surface area contributed by atoms with Crippen LogP contribution < -0.4 is 5.32 Å². The second-order valence-electron chi connectivity index (χ2n) is 6.24. The Morgan fingerprint density at radius 2 is 1.92 bits per heavy atom. The fourth-order valence-corrected chi connectivity index (χ4v) is 2.91. The number of halogens is 1. The molecule has 0 saturated carbocycles. The summed E-state index contributed by atoms with van der Waals surface area (Å²) in [6.07, 6.45) is 2.69. The summed E-state index contributed by atoms with van der Waals surface area (Å²) in [6.45, 7) is 1.37. The first kappa shape index (κ1) is 18.9. The zero-order valence-corrected chi connectivity index (χ0v) is 14.0. The molecule has 7 heteroatoms. The number of nitrogens with one attached hydrogen (secondary N) is 1. The van der Waals surface area contributed by atoms with Crippen LogP contribution in [0.5, 0.6) is 0 Å². The van der Waals surface area contributed by atoms with Crippen LogP contribution in [0.1, 0.15) is 42.5 Å². The van der Waals surface area contributed by atoms with E-state index in [0.29, 0.717) is 44.5 Å². The van der Waals surface area contributed by atoms with E-state index in [0.717, 1.165) is 6.42 Å². The van der Waals surface area contributed by atoms with Gasteiger partial charge in [0.05, 0.1) is 5.92 Å². The Hall–Kier alpha value is -2.44. The lowest BCUT2D eigenvalue weighted by atomic mass is 9.96. The quantitative estimate of drug-likeness (QED) is 0.737. The lowest BCUT2D eigenvalue weighted by Gasteiger charge is -2.32. The molecule has 0 radical (unpaired) electrons. The van der Waals surface area contributed by atoms with Crippen LogP contribution in [0.25, 0.3) is 0 Å². The first-order chi connectivity index (χ1) is 12.0. The van der Waals surface area contributed by atoms with Gasteiger partial charge in [0, 0.05) is 31.6 Å². The first-order valence-electron chi connectivity index (χ1n) is 8.51. The van der Waals surface area contributed by atoms with Crippen molar-refractivity contribution in [1.29, 1.82) is 0 Å². The summed E-state index contributed by atoms with van der Waals surface area (Å²) in [7, 11) is 0. The fourth-order valence-electron chi connectivity index (χ4n) is 2.91. The van der Waals surface area contributed by atoms with Crippen molar-refractivity contribution in [2.75, 3.05) is 19.6 Å². The Balaban J connectivity index is 1.81.